The van der Waals surface area contributed by atoms with Gasteiger partial charge >= 0.3 is 0 Å². The van der Waals surface area contributed by atoms with Gasteiger partial charge in [0.25, 0.3) is 0 Å². The lowest BCUT2D eigenvalue weighted by Gasteiger charge is -2.36. The second-order valence-corrected chi connectivity index (χ2v) is 7.55. The van der Waals surface area contributed by atoms with E-state index in [1.807, 2.05) is 13.0 Å². The van der Waals surface area contributed by atoms with E-state index in [-0.39, 0.29) is 6.04 Å². The molecule has 1 fully saturated rings. The minimum atomic E-state index is -3.42. The standard InChI is InChI=1S/C15H20N4O3S/c1-12(15-16-13(2)17-22-15)18-8-10-19(11-9-18)23(20,21)14-6-4-3-5-7-14/h3-7,12H,8-11H2,1-2H3. The summed E-state index contributed by atoms with van der Waals surface area (Å²) in [6.07, 6.45) is 0. The molecule has 1 saturated heterocycles. The highest BCUT2D eigenvalue weighted by molar-refractivity contribution is 7.89. The van der Waals surface area contributed by atoms with Gasteiger partial charge in [0.2, 0.25) is 15.9 Å². The fourth-order valence-electron chi connectivity index (χ4n) is 2.71. The van der Waals surface area contributed by atoms with Gasteiger partial charge in [-0.05, 0) is 26.0 Å². The Labute approximate surface area is 136 Å². The molecule has 1 aliphatic heterocycles. The molecule has 0 spiro atoms. The number of aromatic nitrogens is 2. The summed E-state index contributed by atoms with van der Waals surface area (Å²) in [5, 5.41) is 3.81. The van der Waals surface area contributed by atoms with E-state index in [4.69, 9.17) is 4.52 Å². The molecule has 1 aromatic heterocycles. The van der Waals surface area contributed by atoms with Crippen LogP contribution >= 0.6 is 0 Å². The van der Waals surface area contributed by atoms with E-state index < -0.39 is 10.0 Å². The SMILES string of the molecule is Cc1noc(C(C)N2CCN(S(=O)(=O)c3ccccc3)CC2)n1. The zero-order valence-electron chi connectivity index (χ0n) is 13.2. The second-order valence-electron chi connectivity index (χ2n) is 5.61. The minimum absolute atomic E-state index is 0.0159. The Balaban J connectivity index is 1.67. The van der Waals surface area contributed by atoms with Gasteiger partial charge in [-0.3, -0.25) is 4.90 Å². The minimum Gasteiger partial charge on any atom is -0.338 e. The van der Waals surface area contributed by atoms with Crippen LogP contribution < -0.4 is 0 Å². The summed E-state index contributed by atoms with van der Waals surface area (Å²) in [6.45, 7) is 5.95. The molecule has 0 saturated carbocycles. The molecule has 7 nitrogen and oxygen atoms in total. The van der Waals surface area contributed by atoms with Crippen LogP contribution in [0.2, 0.25) is 0 Å². The van der Waals surface area contributed by atoms with E-state index in [0.717, 1.165) is 0 Å². The Morgan fingerprint density at radius 3 is 2.35 bits per heavy atom. The van der Waals surface area contributed by atoms with Crippen LogP contribution in [-0.4, -0.2) is 53.9 Å². The van der Waals surface area contributed by atoms with E-state index in [1.165, 1.54) is 4.31 Å². The van der Waals surface area contributed by atoms with Gasteiger partial charge < -0.3 is 4.52 Å². The Morgan fingerprint density at radius 2 is 1.78 bits per heavy atom. The van der Waals surface area contributed by atoms with Gasteiger partial charge in [0.05, 0.1) is 10.9 Å². The number of rotatable bonds is 4. The van der Waals surface area contributed by atoms with Gasteiger partial charge in [-0.1, -0.05) is 23.4 Å². The van der Waals surface area contributed by atoms with Crippen LogP contribution in [-0.2, 0) is 10.0 Å². The summed E-state index contributed by atoms with van der Waals surface area (Å²) in [6, 6.07) is 8.53. The van der Waals surface area contributed by atoms with Gasteiger partial charge in [0, 0.05) is 26.2 Å². The molecule has 23 heavy (non-hydrogen) atoms. The monoisotopic (exact) mass is 336 g/mol. The van der Waals surface area contributed by atoms with Crippen LogP contribution in [0.15, 0.2) is 39.8 Å². The third-order valence-corrected chi connectivity index (χ3v) is 6.02. The molecular formula is C15H20N4O3S. The normalized spacial score (nSPS) is 18.9. The highest BCUT2D eigenvalue weighted by Crippen LogP contribution is 2.23. The smallest absolute Gasteiger partial charge is 0.243 e. The van der Waals surface area contributed by atoms with E-state index in [1.54, 1.807) is 31.2 Å². The Hall–Kier alpha value is -1.77. The fourth-order valence-corrected chi connectivity index (χ4v) is 4.15. The number of piperazine rings is 1. The van der Waals surface area contributed by atoms with Gasteiger partial charge in [-0.25, -0.2) is 8.42 Å². The predicted octanol–water partition coefficient (Wildman–Crippen LogP) is 1.45. The average molecular weight is 336 g/mol. The summed E-state index contributed by atoms with van der Waals surface area (Å²) >= 11 is 0. The quantitative estimate of drug-likeness (QED) is 0.841. The third-order valence-electron chi connectivity index (χ3n) is 4.10. The zero-order chi connectivity index (χ0) is 16.4. The Bertz CT molecular complexity index is 752. The molecule has 1 unspecified atom stereocenters. The maximum absolute atomic E-state index is 12.6. The molecule has 0 aliphatic carbocycles. The van der Waals surface area contributed by atoms with Crippen molar-refractivity contribution in [1.29, 1.82) is 0 Å². The van der Waals surface area contributed by atoms with Crippen molar-refractivity contribution in [3.63, 3.8) is 0 Å². The first-order valence-corrected chi connectivity index (χ1v) is 9.02. The highest BCUT2D eigenvalue weighted by atomic mass is 32.2. The number of hydrogen-bond acceptors (Lipinski definition) is 6. The van der Waals surface area contributed by atoms with Crippen molar-refractivity contribution in [3.05, 3.63) is 42.0 Å². The molecule has 1 aliphatic rings. The first-order chi connectivity index (χ1) is 11.0. The maximum Gasteiger partial charge on any atom is 0.243 e. The molecule has 0 N–H and O–H groups in total. The third kappa shape index (κ3) is 3.29. The first-order valence-electron chi connectivity index (χ1n) is 7.58. The molecule has 0 amide bonds. The molecule has 1 atom stereocenters. The molecule has 8 heteroatoms. The number of sulfonamides is 1. The van der Waals surface area contributed by atoms with Gasteiger partial charge in [-0.2, -0.15) is 9.29 Å². The number of benzene rings is 1. The highest BCUT2D eigenvalue weighted by Gasteiger charge is 2.31. The van der Waals surface area contributed by atoms with Crippen molar-refractivity contribution < 1.29 is 12.9 Å². The van der Waals surface area contributed by atoms with Crippen LogP contribution in [0, 0.1) is 6.92 Å². The summed E-state index contributed by atoms with van der Waals surface area (Å²) in [5.41, 5.74) is 0. The summed E-state index contributed by atoms with van der Waals surface area (Å²) in [4.78, 5) is 6.75. The lowest BCUT2D eigenvalue weighted by Crippen LogP contribution is -2.49. The maximum atomic E-state index is 12.6. The van der Waals surface area contributed by atoms with E-state index in [0.29, 0.717) is 42.8 Å². The van der Waals surface area contributed by atoms with Crippen LogP contribution in [0.5, 0.6) is 0 Å². The zero-order valence-corrected chi connectivity index (χ0v) is 14.0. The lowest BCUT2D eigenvalue weighted by atomic mass is 10.2. The van der Waals surface area contributed by atoms with Crippen molar-refractivity contribution in [2.24, 2.45) is 0 Å². The van der Waals surface area contributed by atoms with Gasteiger partial charge in [0.15, 0.2) is 5.82 Å². The van der Waals surface area contributed by atoms with Crippen molar-refractivity contribution >= 4 is 10.0 Å². The topological polar surface area (TPSA) is 79.5 Å². The van der Waals surface area contributed by atoms with E-state index in [9.17, 15) is 8.42 Å². The number of hydrogen-bond donors (Lipinski definition) is 0. The van der Waals surface area contributed by atoms with Crippen molar-refractivity contribution in [2.45, 2.75) is 24.8 Å². The van der Waals surface area contributed by atoms with Crippen molar-refractivity contribution in [1.82, 2.24) is 19.3 Å². The van der Waals surface area contributed by atoms with Gasteiger partial charge in [-0.15, -0.1) is 0 Å². The summed E-state index contributed by atoms with van der Waals surface area (Å²) in [7, 11) is -3.42. The average Bonchev–Trinajstić information content (AvgIpc) is 3.01. The van der Waals surface area contributed by atoms with Crippen LogP contribution in [0.3, 0.4) is 0 Å². The molecule has 2 heterocycles. The number of nitrogens with zero attached hydrogens (tertiary/aromatic N) is 4. The molecule has 0 radical (unpaired) electrons. The predicted molar refractivity (Wildman–Crippen MR) is 84.2 cm³/mol. The fraction of sp³-hybridized carbons (Fsp3) is 0.467. The first kappa shape index (κ1) is 16.1. The Kier molecular flexibility index (Phi) is 4.47. The summed E-state index contributed by atoms with van der Waals surface area (Å²) in [5.74, 6) is 1.18. The van der Waals surface area contributed by atoms with Crippen LogP contribution in [0.4, 0.5) is 0 Å². The van der Waals surface area contributed by atoms with Crippen LogP contribution in [0.25, 0.3) is 0 Å². The molecule has 124 valence electrons. The second kappa shape index (κ2) is 6.38. The Morgan fingerprint density at radius 1 is 1.13 bits per heavy atom. The summed E-state index contributed by atoms with van der Waals surface area (Å²) < 4.78 is 31.9. The molecular weight excluding hydrogens is 316 g/mol. The lowest BCUT2D eigenvalue weighted by molar-refractivity contribution is 0.124. The largest absolute Gasteiger partial charge is 0.338 e. The van der Waals surface area contributed by atoms with Crippen LogP contribution in [0.1, 0.15) is 24.7 Å². The van der Waals surface area contributed by atoms with Crippen molar-refractivity contribution in [2.75, 3.05) is 26.2 Å². The van der Waals surface area contributed by atoms with Gasteiger partial charge in [0.1, 0.15) is 0 Å². The number of aryl methyl sites for hydroxylation is 1. The van der Waals surface area contributed by atoms with E-state index in [2.05, 4.69) is 15.0 Å². The molecule has 2 aromatic rings. The van der Waals surface area contributed by atoms with E-state index >= 15 is 0 Å². The van der Waals surface area contributed by atoms with Crippen molar-refractivity contribution in [3.8, 4) is 0 Å². The molecule has 0 bridgehead atoms. The molecule has 3 rings (SSSR count). The molecule has 1 aromatic carbocycles.